The normalized spacial score (nSPS) is 10.6. The molecule has 0 aliphatic rings. The SMILES string of the molecule is CSc1cccc(Sc2ccc(Br)cc2)c1CN. The second-order valence-corrected chi connectivity index (χ2v) is 6.58. The highest BCUT2D eigenvalue weighted by Crippen LogP contribution is 2.34. The summed E-state index contributed by atoms with van der Waals surface area (Å²) in [5.74, 6) is 0. The summed E-state index contributed by atoms with van der Waals surface area (Å²) in [4.78, 5) is 3.73. The minimum absolute atomic E-state index is 0.579. The zero-order chi connectivity index (χ0) is 13.0. The van der Waals surface area contributed by atoms with Crippen LogP contribution in [0.5, 0.6) is 0 Å². The van der Waals surface area contributed by atoms with E-state index in [1.807, 2.05) is 0 Å². The summed E-state index contributed by atoms with van der Waals surface area (Å²) in [6.07, 6.45) is 2.09. The molecule has 0 aliphatic heterocycles. The van der Waals surface area contributed by atoms with Crippen molar-refractivity contribution >= 4 is 39.5 Å². The zero-order valence-corrected chi connectivity index (χ0v) is 13.2. The van der Waals surface area contributed by atoms with Crippen molar-refractivity contribution in [3.63, 3.8) is 0 Å². The standard InChI is InChI=1S/C14H14BrNS2/c1-17-13-3-2-4-14(12(13)9-16)18-11-7-5-10(15)6-8-11/h2-8H,9,16H2,1H3. The predicted molar refractivity (Wildman–Crippen MR) is 84.4 cm³/mol. The quantitative estimate of drug-likeness (QED) is 0.811. The third-order valence-electron chi connectivity index (χ3n) is 2.56. The smallest absolute Gasteiger partial charge is 0.0200 e. The maximum Gasteiger partial charge on any atom is 0.0200 e. The zero-order valence-electron chi connectivity index (χ0n) is 10.0. The third kappa shape index (κ3) is 3.32. The molecule has 0 atom stereocenters. The molecule has 2 aromatic rings. The summed E-state index contributed by atoms with van der Waals surface area (Å²) in [7, 11) is 0. The largest absolute Gasteiger partial charge is 0.326 e. The molecule has 0 bridgehead atoms. The van der Waals surface area contributed by atoms with Crippen LogP contribution in [0.1, 0.15) is 5.56 Å². The second-order valence-electron chi connectivity index (χ2n) is 3.70. The fourth-order valence-electron chi connectivity index (χ4n) is 1.66. The van der Waals surface area contributed by atoms with Gasteiger partial charge in [-0.3, -0.25) is 0 Å². The highest BCUT2D eigenvalue weighted by atomic mass is 79.9. The van der Waals surface area contributed by atoms with Gasteiger partial charge in [-0.1, -0.05) is 33.8 Å². The molecule has 0 unspecified atom stereocenters. The Morgan fingerprint density at radius 1 is 1.06 bits per heavy atom. The molecule has 0 heterocycles. The van der Waals surface area contributed by atoms with Crippen LogP contribution in [-0.4, -0.2) is 6.26 Å². The van der Waals surface area contributed by atoms with E-state index in [9.17, 15) is 0 Å². The summed E-state index contributed by atoms with van der Waals surface area (Å²) in [6.45, 7) is 0.579. The maximum atomic E-state index is 5.87. The van der Waals surface area contributed by atoms with Gasteiger partial charge >= 0.3 is 0 Å². The van der Waals surface area contributed by atoms with Crippen LogP contribution in [0.2, 0.25) is 0 Å². The first-order valence-electron chi connectivity index (χ1n) is 5.54. The molecule has 2 N–H and O–H groups in total. The van der Waals surface area contributed by atoms with Crippen molar-refractivity contribution in [1.82, 2.24) is 0 Å². The summed E-state index contributed by atoms with van der Waals surface area (Å²) < 4.78 is 1.10. The van der Waals surface area contributed by atoms with Gasteiger partial charge in [0.15, 0.2) is 0 Å². The van der Waals surface area contributed by atoms with Gasteiger partial charge in [-0.25, -0.2) is 0 Å². The molecule has 2 rings (SSSR count). The number of rotatable bonds is 4. The van der Waals surface area contributed by atoms with Crippen LogP contribution in [0.3, 0.4) is 0 Å². The van der Waals surface area contributed by atoms with E-state index in [1.165, 1.54) is 20.2 Å². The van der Waals surface area contributed by atoms with Crippen molar-refractivity contribution in [1.29, 1.82) is 0 Å². The van der Waals surface area contributed by atoms with Crippen LogP contribution < -0.4 is 5.73 Å². The average molecular weight is 340 g/mol. The molecule has 0 aromatic heterocycles. The Balaban J connectivity index is 2.31. The number of halogens is 1. The van der Waals surface area contributed by atoms with E-state index in [1.54, 1.807) is 23.5 Å². The number of benzene rings is 2. The molecule has 0 saturated heterocycles. The van der Waals surface area contributed by atoms with Crippen molar-refractivity contribution in [3.05, 3.63) is 52.5 Å². The topological polar surface area (TPSA) is 26.0 Å². The van der Waals surface area contributed by atoms with Gasteiger partial charge in [0.25, 0.3) is 0 Å². The fraction of sp³-hybridized carbons (Fsp3) is 0.143. The molecule has 0 fully saturated rings. The number of thioether (sulfide) groups is 1. The summed E-state index contributed by atoms with van der Waals surface area (Å²) in [5.41, 5.74) is 7.10. The lowest BCUT2D eigenvalue weighted by Crippen LogP contribution is -2.00. The maximum absolute atomic E-state index is 5.87. The van der Waals surface area contributed by atoms with Gasteiger partial charge in [0.05, 0.1) is 0 Å². The first-order chi connectivity index (χ1) is 8.74. The first-order valence-corrected chi connectivity index (χ1v) is 8.37. The van der Waals surface area contributed by atoms with Crippen LogP contribution in [0.15, 0.2) is 61.6 Å². The Bertz CT molecular complexity index is 526. The van der Waals surface area contributed by atoms with E-state index in [2.05, 4.69) is 64.7 Å². The van der Waals surface area contributed by atoms with Gasteiger partial charge in [0, 0.05) is 25.7 Å². The van der Waals surface area contributed by atoms with Crippen molar-refractivity contribution in [2.75, 3.05) is 6.26 Å². The fourth-order valence-corrected chi connectivity index (χ4v) is 3.64. The monoisotopic (exact) mass is 339 g/mol. The van der Waals surface area contributed by atoms with Crippen LogP contribution >= 0.6 is 39.5 Å². The van der Waals surface area contributed by atoms with E-state index < -0.39 is 0 Å². The Morgan fingerprint density at radius 2 is 1.72 bits per heavy atom. The van der Waals surface area contributed by atoms with Crippen molar-refractivity contribution in [3.8, 4) is 0 Å². The van der Waals surface area contributed by atoms with Crippen LogP contribution in [0.4, 0.5) is 0 Å². The van der Waals surface area contributed by atoms with Gasteiger partial charge in [-0.2, -0.15) is 0 Å². The molecule has 94 valence electrons. The van der Waals surface area contributed by atoms with Crippen LogP contribution in [0.25, 0.3) is 0 Å². The summed E-state index contributed by atoms with van der Waals surface area (Å²) in [5, 5.41) is 0. The van der Waals surface area contributed by atoms with E-state index in [4.69, 9.17) is 5.73 Å². The van der Waals surface area contributed by atoms with Crippen molar-refractivity contribution in [2.45, 2.75) is 21.2 Å². The van der Waals surface area contributed by atoms with E-state index >= 15 is 0 Å². The van der Waals surface area contributed by atoms with Gasteiger partial charge in [-0.15, -0.1) is 11.8 Å². The van der Waals surface area contributed by atoms with Gasteiger partial charge in [0.2, 0.25) is 0 Å². The molecule has 0 saturated carbocycles. The number of hydrogen-bond acceptors (Lipinski definition) is 3. The van der Waals surface area contributed by atoms with E-state index in [0.29, 0.717) is 6.54 Å². The molecule has 0 amide bonds. The van der Waals surface area contributed by atoms with E-state index in [-0.39, 0.29) is 0 Å². The molecule has 2 aromatic carbocycles. The lowest BCUT2D eigenvalue weighted by molar-refractivity contribution is 0.981. The Morgan fingerprint density at radius 3 is 2.33 bits per heavy atom. The molecular weight excluding hydrogens is 326 g/mol. The number of nitrogens with two attached hydrogens (primary N) is 1. The minimum atomic E-state index is 0.579. The summed E-state index contributed by atoms with van der Waals surface area (Å²) in [6, 6.07) is 14.7. The van der Waals surface area contributed by atoms with Crippen molar-refractivity contribution < 1.29 is 0 Å². The minimum Gasteiger partial charge on any atom is -0.326 e. The summed E-state index contributed by atoms with van der Waals surface area (Å²) >= 11 is 6.96. The second kappa shape index (κ2) is 6.66. The molecule has 18 heavy (non-hydrogen) atoms. The molecule has 0 aliphatic carbocycles. The molecular formula is C14H14BrNS2. The average Bonchev–Trinajstić information content (AvgIpc) is 2.41. The van der Waals surface area contributed by atoms with Gasteiger partial charge in [-0.05, 0) is 48.2 Å². The Kier molecular flexibility index (Phi) is 5.18. The van der Waals surface area contributed by atoms with Crippen molar-refractivity contribution in [2.24, 2.45) is 5.73 Å². The van der Waals surface area contributed by atoms with Gasteiger partial charge < -0.3 is 5.73 Å². The lowest BCUT2D eigenvalue weighted by Gasteiger charge is -2.11. The third-order valence-corrected chi connectivity index (χ3v) is 5.02. The van der Waals surface area contributed by atoms with E-state index in [0.717, 1.165) is 4.47 Å². The Labute approximate surface area is 125 Å². The highest BCUT2D eigenvalue weighted by molar-refractivity contribution is 9.10. The first kappa shape index (κ1) is 14.0. The molecule has 0 spiro atoms. The molecule has 1 nitrogen and oxygen atoms in total. The lowest BCUT2D eigenvalue weighted by atomic mass is 10.2. The number of hydrogen-bond donors (Lipinski definition) is 1. The predicted octanol–water partition coefficient (Wildman–Crippen LogP) is 4.78. The van der Waals surface area contributed by atoms with Crippen LogP contribution in [-0.2, 0) is 6.54 Å². The highest BCUT2D eigenvalue weighted by Gasteiger charge is 2.07. The van der Waals surface area contributed by atoms with Gasteiger partial charge in [0.1, 0.15) is 0 Å². The molecule has 4 heteroatoms. The van der Waals surface area contributed by atoms with Crippen LogP contribution in [0, 0.1) is 0 Å². The molecule has 0 radical (unpaired) electrons. The Hall–Kier alpha value is -0.420.